The van der Waals surface area contributed by atoms with Crippen LogP contribution in [0.3, 0.4) is 0 Å². The zero-order valence-corrected chi connectivity index (χ0v) is 22.5. The third-order valence-electron chi connectivity index (χ3n) is 6.80. The molecule has 1 fully saturated rings. The average Bonchev–Trinajstić information content (AvgIpc) is 2.81. The maximum absolute atomic E-state index is 12.5. The molecule has 2 amide bonds. The molecule has 1 aliphatic rings. The second-order valence-corrected chi connectivity index (χ2v) is 9.75. The summed E-state index contributed by atoms with van der Waals surface area (Å²) in [6.45, 7) is 8.30. The van der Waals surface area contributed by atoms with E-state index in [1.54, 1.807) is 0 Å². The quantitative estimate of drug-likeness (QED) is 0.284. The standard InChI is InChI=1S/C29H48N4O2/c1-5-12-26(30-19-7-3)27(13-6-2)33(4)22-29(35)32-21-28(34)31-20-11-17-23-14-8-9-18-25(23)24-15-10-16-24/h8-9,13-14,18,24,26,30H,5-7,10-12,15-17,19-22H2,1-4H3,(H,31,34)(H,32,35)/b27-13+. The number of nitrogens with one attached hydrogen (secondary N) is 3. The van der Waals surface area contributed by atoms with Crippen molar-refractivity contribution < 1.29 is 9.59 Å². The lowest BCUT2D eigenvalue weighted by atomic mass is 9.77. The van der Waals surface area contributed by atoms with Crippen molar-refractivity contribution in [3.05, 3.63) is 47.2 Å². The van der Waals surface area contributed by atoms with Crippen LogP contribution < -0.4 is 16.0 Å². The number of hydrogen-bond acceptors (Lipinski definition) is 4. The summed E-state index contributed by atoms with van der Waals surface area (Å²) in [5.41, 5.74) is 4.06. The highest BCUT2D eigenvalue weighted by Crippen LogP contribution is 2.38. The molecule has 6 heteroatoms. The molecule has 2 rings (SSSR count). The van der Waals surface area contributed by atoms with Crippen molar-refractivity contribution in [2.45, 2.75) is 90.5 Å². The molecule has 1 unspecified atom stereocenters. The fourth-order valence-corrected chi connectivity index (χ4v) is 4.73. The topological polar surface area (TPSA) is 73.5 Å². The van der Waals surface area contributed by atoms with E-state index in [1.807, 2.05) is 11.9 Å². The van der Waals surface area contributed by atoms with Crippen molar-refractivity contribution in [3.63, 3.8) is 0 Å². The predicted octanol–water partition coefficient (Wildman–Crippen LogP) is 4.51. The number of hydrogen-bond donors (Lipinski definition) is 3. The number of benzene rings is 1. The molecule has 1 aromatic rings. The Balaban J connectivity index is 1.72. The van der Waals surface area contributed by atoms with Crippen LogP contribution in [-0.2, 0) is 16.0 Å². The number of rotatable bonds is 17. The summed E-state index contributed by atoms with van der Waals surface area (Å²) in [4.78, 5) is 26.8. The maximum atomic E-state index is 12.5. The van der Waals surface area contributed by atoms with Gasteiger partial charge < -0.3 is 20.9 Å². The van der Waals surface area contributed by atoms with Crippen molar-refractivity contribution >= 4 is 11.8 Å². The van der Waals surface area contributed by atoms with Gasteiger partial charge in [-0.3, -0.25) is 9.59 Å². The van der Waals surface area contributed by atoms with E-state index in [-0.39, 0.29) is 30.9 Å². The lowest BCUT2D eigenvalue weighted by Crippen LogP contribution is -2.44. The van der Waals surface area contributed by atoms with Crippen LogP contribution in [0.5, 0.6) is 0 Å². The second kappa shape index (κ2) is 16.4. The number of aryl methyl sites for hydroxylation is 1. The van der Waals surface area contributed by atoms with Crippen LogP contribution >= 0.6 is 0 Å². The monoisotopic (exact) mass is 484 g/mol. The van der Waals surface area contributed by atoms with E-state index >= 15 is 0 Å². The first-order chi connectivity index (χ1) is 17.0. The Morgan fingerprint density at radius 3 is 2.49 bits per heavy atom. The minimum Gasteiger partial charge on any atom is -0.368 e. The van der Waals surface area contributed by atoms with Crippen molar-refractivity contribution in [1.82, 2.24) is 20.9 Å². The van der Waals surface area contributed by atoms with Crippen LogP contribution in [0.25, 0.3) is 0 Å². The Hall–Kier alpha value is -2.34. The Labute approximate surface area is 213 Å². The number of carbonyl (C=O) groups is 2. The Morgan fingerprint density at radius 1 is 1.06 bits per heavy atom. The van der Waals surface area contributed by atoms with E-state index in [0.717, 1.165) is 56.7 Å². The molecule has 1 aliphatic carbocycles. The highest BCUT2D eigenvalue weighted by Gasteiger charge is 2.21. The van der Waals surface area contributed by atoms with E-state index in [4.69, 9.17) is 0 Å². The van der Waals surface area contributed by atoms with Gasteiger partial charge in [-0.05, 0) is 68.5 Å². The molecule has 0 aromatic heterocycles. The third kappa shape index (κ3) is 10.0. The number of nitrogens with zero attached hydrogens (tertiary/aromatic N) is 1. The average molecular weight is 485 g/mol. The molecule has 0 bridgehead atoms. The molecule has 1 atom stereocenters. The molecule has 35 heavy (non-hydrogen) atoms. The first kappa shape index (κ1) is 28.9. The van der Waals surface area contributed by atoms with E-state index in [0.29, 0.717) is 6.54 Å². The largest absolute Gasteiger partial charge is 0.368 e. The van der Waals surface area contributed by atoms with Gasteiger partial charge in [0.15, 0.2) is 0 Å². The van der Waals surface area contributed by atoms with E-state index in [2.05, 4.69) is 67.1 Å². The Bertz CT molecular complexity index is 804. The summed E-state index contributed by atoms with van der Waals surface area (Å²) in [7, 11) is 1.96. The van der Waals surface area contributed by atoms with Gasteiger partial charge in [0.25, 0.3) is 0 Å². The fraction of sp³-hybridized carbons (Fsp3) is 0.655. The predicted molar refractivity (Wildman–Crippen MR) is 145 cm³/mol. The van der Waals surface area contributed by atoms with Crippen LogP contribution in [0.2, 0.25) is 0 Å². The zero-order valence-electron chi connectivity index (χ0n) is 22.5. The van der Waals surface area contributed by atoms with Crippen molar-refractivity contribution in [2.75, 3.05) is 33.2 Å². The molecule has 196 valence electrons. The van der Waals surface area contributed by atoms with Crippen molar-refractivity contribution in [2.24, 2.45) is 0 Å². The number of allylic oxidation sites excluding steroid dienone is 1. The zero-order chi connectivity index (χ0) is 25.5. The summed E-state index contributed by atoms with van der Waals surface area (Å²) in [5, 5.41) is 9.34. The highest BCUT2D eigenvalue weighted by atomic mass is 16.2. The fourth-order valence-electron chi connectivity index (χ4n) is 4.73. The van der Waals surface area contributed by atoms with E-state index in [9.17, 15) is 9.59 Å². The van der Waals surface area contributed by atoms with Crippen LogP contribution in [0.4, 0.5) is 0 Å². The van der Waals surface area contributed by atoms with Crippen LogP contribution in [0.1, 0.15) is 89.2 Å². The van der Waals surface area contributed by atoms with Crippen molar-refractivity contribution in [1.29, 1.82) is 0 Å². The molecule has 1 aromatic carbocycles. The molecule has 0 saturated heterocycles. The molecular formula is C29H48N4O2. The van der Waals surface area contributed by atoms with Gasteiger partial charge in [0.05, 0.1) is 13.1 Å². The maximum Gasteiger partial charge on any atom is 0.239 e. The minimum absolute atomic E-state index is 0.0185. The molecule has 0 radical (unpaired) electrons. The van der Waals surface area contributed by atoms with E-state index in [1.165, 1.54) is 30.4 Å². The lowest BCUT2D eigenvalue weighted by molar-refractivity contribution is -0.126. The summed E-state index contributed by atoms with van der Waals surface area (Å²) < 4.78 is 0. The molecule has 1 saturated carbocycles. The smallest absolute Gasteiger partial charge is 0.239 e. The van der Waals surface area contributed by atoms with Crippen molar-refractivity contribution in [3.8, 4) is 0 Å². The lowest BCUT2D eigenvalue weighted by Gasteiger charge is -2.30. The molecular weight excluding hydrogens is 436 g/mol. The van der Waals surface area contributed by atoms with E-state index < -0.39 is 0 Å². The number of amides is 2. The number of carbonyl (C=O) groups excluding carboxylic acids is 2. The SMILES string of the molecule is CC/C=C(\C(CCC)NCCC)N(C)CC(=O)NCC(=O)NCCCc1ccccc1C1CCC1. The number of likely N-dealkylation sites (N-methyl/N-ethyl adjacent to an activating group) is 1. The summed E-state index contributed by atoms with van der Waals surface area (Å²) in [6.07, 6.45) is 12.1. The first-order valence-corrected chi connectivity index (χ1v) is 13.8. The van der Waals surface area contributed by atoms with Gasteiger partial charge in [0, 0.05) is 25.3 Å². The van der Waals surface area contributed by atoms with Gasteiger partial charge in [0.2, 0.25) is 11.8 Å². The summed E-state index contributed by atoms with van der Waals surface area (Å²) in [6, 6.07) is 8.96. The van der Waals surface area contributed by atoms with Gasteiger partial charge in [-0.1, -0.05) is 64.0 Å². The summed E-state index contributed by atoms with van der Waals surface area (Å²) >= 11 is 0. The van der Waals surface area contributed by atoms with Crippen LogP contribution in [0, 0.1) is 0 Å². The Morgan fingerprint density at radius 2 is 1.83 bits per heavy atom. The molecule has 0 heterocycles. The normalized spacial score (nSPS) is 14.8. The second-order valence-electron chi connectivity index (χ2n) is 9.75. The van der Waals surface area contributed by atoms with Gasteiger partial charge in [0.1, 0.15) is 0 Å². The van der Waals surface area contributed by atoms with Gasteiger partial charge in [-0.2, -0.15) is 0 Å². The highest BCUT2D eigenvalue weighted by molar-refractivity contribution is 5.85. The van der Waals surface area contributed by atoms with Crippen LogP contribution in [-0.4, -0.2) is 56.0 Å². The molecule has 6 nitrogen and oxygen atoms in total. The Kier molecular flexibility index (Phi) is 13.5. The molecule has 3 N–H and O–H groups in total. The van der Waals surface area contributed by atoms with Gasteiger partial charge in [-0.15, -0.1) is 0 Å². The molecule has 0 aliphatic heterocycles. The van der Waals surface area contributed by atoms with Gasteiger partial charge in [-0.25, -0.2) is 0 Å². The molecule has 0 spiro atoms. The first-order valence-electron chi connectivity index (χ1n) is 13.8. The van der Waals surface area contributed by atoms with Crippen LogP contribution in [0.15, 0.2) is 36.0 Å². The summed E-state index contributed by atoms with van der Waals surface area (Å²) in [5.74, 6) is 0.456. The minimum atomic E-state index is -0.134. The van der Waals surface area contributed by atoms with Gasteiger partial charge >= 0.3 is 0 Å². The third-order valence-corrected chi connectivity index (χ3v) is 6.80.